The molecule has 1 aliphatic rings. The first-order chi connectivity index (χ1) is 13.7. The van der Waals surface area contributed by atoms with E-state index < -0.39 is 5.60 Å². The third kappa shape index (κ3) is 3.28. The number of aromatic nitrogens is 3. The fraction of sp³-hybridized carbons (Fsp3) is 0.417. The molecule has 0 spiro atoms. The molecule has 0 unspecified atom stereocenters. The average molecular weight is 391 g/mol. The Bertz CT molecular complexity index is 1000. The number of hydrogen-bond donors (Lipinski definition) is 2. The summed E-state index contributed by atoms with van der Waals surface area (Å²) in [6.45, 7) is 10.1. The molecule has 5 heteroatoms. The van der Waals surface area contributed by atoms with Crippen LogP contribution in [0.2, 0.25) is 0 Å². The zero-order chi connectivity index (χ0) is 20.8. The number of aryl methyl sites for hydroxylation is 1. The number of pyridine rings is 1. The van der Waals surface area contributed by atoms with Gasteiger partial charge in [0.05, 0.1) is 5.69 Å². The van der Waals surface area contributed by atoms with Crippen LogP contribution in [-0.2, 0) is 5.60 Å². The monoisotopic (exact) mass is 390 g/mol. The molecule has 1 saturated heterocycles. The van der Waals surface area contributed by atoms with Crippen LogP contribution in [0, 0.1) is 12.3 Å². The lowest BCUT2D eigenvalue weighted by atomic mass is 9.62. The highest BCUT2D eigenvalue weighted by atomic mass is 16.3. The molecule has 29 heavy (non-hydrogen) atoms. The molecule has 1 aromatic carbocycles. The number of H-pyrrole nitrogens is 1. The Kier molecular flexibility index (Phi) is 4.83. The molecule has 4 rings (SSSR count). The van der Waals surface area contributed by atoms with Gasteiger partial charge in [-0.25, -0.2) is 0 Å². The van der Waals surface area contributed by atoms with E-state index in [0.717, 1.165) is 41.2 Å². The van der Waals surface area contributed by atoms with E-state index in [0.29, 0.717) is 5.92 Å². The quantitative estimate of drug-likeness (QED) is 0.689. The lowest BCUT2D eigenvalue weighted by molar-refractivity contribution is -0.127. The number of aromatic amines is 1. The maximum absolute atomic E-state index is 12.3. The Morgan fingerprint density at radius 2 is 1.79 bits per heavy atom. The minimum atomic E-state index is -1.14. The van der Waals surface area contributed by atoms with E-state index in [9.17, 15) is 5.11 Å². The van der Waals surface area contributed by atoms with Crippen molar-refractivity contribution in [2.24, 2.45) is 5.41 Å². The Hall–Kier alpha value is -2.50. The topological polar surface area (TPSA) is 65.0 Å². The number of hydrogen-bond acceptors (Lipinski definition) is 4. The number of aliphatic hydroxyl groups is 1. The lowest BCUT2D eigenvalue weighted by Gasteiger charge is -2.55. The normalized spacial score (nSPS) is 18.4. The molecular weight excluding hydrogens is 360 g/mol. The molecule has 0 radical (unpaired) electrons. The summed E-state index contributed by atoms with van der Waals surface area (Å²) in [6, 6.07) is 12.4. The molecule has 1 aliphatic heterocycles. The van der Waals surface area contributed by atoms with Gasteiger partial charge in [-0.15, -0.1) is 0 Å². The molecule has 2 aromatic heterocycles. The highest BCUT2D eigenvalue weighted by molar-refractivity contribution is 5.60. The van der Waals surface area contributed by atoms with Gasteiger partial charge in [0.25, 0.3) is 0 Å². The summed E-state index contributed by atoms with van der Waals surface area (Å²) in [7, 11) is 2.09. The van der Waals surface area contributed by atoms with Crippen molar-refractivity contribution in [2.75, 3.05) is 20.1 Å². The molecule has 1 atom stereocenters. The number of likely N-dealkylation sites (tertiary alicyclic amines) is 1. The predicted octanol–water partition coefficient (Wildman–Crippen LogP) is 4.09. The van der Waals surface area contributed by atoms with E-state index in [1.54, 1.807) is 12.4 Å². The Labute approximate surface area is 172 Å². The van der Waals surface area contributed by atoms with Crippen LogP contribution in [0.25, 0.3) is 11.3 Å². The van der Waals surface area contributed by atoms with Gasteiger partial charge in [-0.2, -0.15) is 5.10 Å². The zero-order valence-corrected chi connectivity index (χ0v) is 17.9. The van der Waals surface area contributed by atoms with Crippen LogP contribution in [0.1, 0.15) is 49.1 Å². The first-order valence-electron chi connectivity index (χ1n) is 10.2. The van der Waals surface area contributed by atoms with Crippen molar-refractivity contribution in [3.63, 3.8) is 0 Å². The largest absolute Gasteiger partial charge is 0.380 e. The molecule has 5 nitrogen and oxygen atoms in total. The lowest BCUT2D eigenvalue weighted by Crippen LogP contribution is -2.63. The zero-order valence-electron chi connectivity index (χ0n) is 17.9. The standard InChI is InChI=1S/C24H30N4O/c1-16(2)18-6-8-20(9-7-18)24(29,23(4)14-28(5)15-23)21-11-19(12-25-13-21)22-10-17(3)26-27-22/h6-13,16,29H,14-15H2,1-5H3,(H,26,27)/t24-/m0/s1. The van der Waals surface area contributed by atoms with Gasteiger partial charge < -0.3 is 10.0 Å². The van der Waals surface area contributed by atoms with Crippen molar-refractivity contribution in [2.45, 2.75) is 39.2 Å². The van der Waals surface area contributed by atoms with Crippen molar-refractivity contribution >= 4 is 0 Å². The Balaban J connectivity index is 1.83. The molecule has 0 amide bonds. The number of benzene rings is 1. The van der Waals surface area contributed by atoms with Crippen LogP contribution in [0.15, 0.2) is 48.8 Å². The molecule has 0 bridgehead atoms. The molecule has 2 N–H and O–H groups in total. The Morgan fingerprint density at radius 3 is 2.34 bits per heavy atom. The van der Waals surface area contributed by atoms with Gasteiger partial charge in [0.1, 0.15) is 5.60 Å². The second-order valence-corrected chi connectivity index (χ2v) is 9.12. The third-order valence-corrected chi connectivity index (χ3v) is 6.26. The first-order valence-corrected chi connectivity index (χ1v) is 10.2. The van der Waals surface area contributed by atoms with E-state index in [4.69, 9.17) is 0 Å². The van der Waals surface area contributed by atoms with Crippen LogP contribution in [0.3, 0.4) is 0 Å². The van der Waals surface area contributed by atoms with Gasteiger partial charge >= 0.3 is 0 Å². The van der Waals surface area contributed by atoms with E-state index in [1.165, 1.54) is 5.56 Å². The van der Waals surface area contributed by atoms with Gasteiger partial charge in [0, 0.05) is 47.7 Å². The highest BCUT2D eigenvalue weighted by Gasteiger charge is 2.55. The van der Waals surface area contributed by atoms with E-state index >= 15 is 0 Å². The minimum Gasteiger partial charge on any atom is -0.380 e. The van der Waals surface area contributed by atoms with Gasteiger partial charge in [-0.3, -0.25) is 10.1 Å². The second kappa shape index (κ2) is 7.08. The Morgan fingerprint density at radius 1 is 1.10 bits per heavy atom. The van der Waals surface area contributed by atoms with E-state index in [2.05, 4.69) is 72.2 Å². The summed E-state index contributed by atoms with van der Waals surface area (Å²) in [5.74, 6) is 0.454. The van der Waals surface area contributed by atoms with Crippen LogP contribution >= 0.6 is 0 Å². The van der Waals surface area contributed by atoms with E-state index in [-0.39, 0.29) is 5.41 Å². The highest BCUT2D eigenvalue weighted by Crippen LogP contribution is 2.50. The summed E-state index contributed by atoms with van der Waals surface area (Å²) < 4.78 is 0. The fourth-order valence-electron chi connectivity index (χ4n) is 4.69. The van der Waals surface area contributed by atoms with Crippen molar-refractivity contribution in [3.05, 3.63) is 71.2 Å². The van der Waals surface area contributed by atoms with Crippen molar-refractivity contribution < 1.29 is 5.11 Å². The molecule has 152 valence electrons. The average Bonchev–Trinajstić information content (AvgIpc) is 3.13. The van der Waals surface area contributed by atoms with Crippen LogP contribution in [0.4, 0.5) is 0 Å². The van der Waals surface area contributed by atoms with Crippen molar-refractivity contribution in [1.82, 2.24) is 20.1 Å². The fourth-order valence-corrected chi connectivity index (χ4v) is 4.69. The van der Waals surface area contributed by atoms with E-state index in [1.807, 2.05) is 19.1 Å². The van der Waals surface area contributed by atoms with Gasteiger partial charge in [-0.1, -0.05) is 45.0 Å². The minimum absolute atomic E-state index is 0.303. The molecule has 1 fully saturated rings. The van der Waals surface area contributed by atoms with Gasteiger partial charge in [-0.05, 0) is 43.1 Å². The predicted molar refractivity (Wildman–Crippen MR) is 116 cm³/mol. The van der Waals surface area contributed by atoms with Crippen LogP contribution in [0.5, 0.6) is 0 Å². The third-order valence-electron chi connectivity index (χ3n) is 6.26. The van der Waals surface area contributed by atoms with Crippen LogP contribution < -0.4 is 0 Å². The van der Waals surface area contributed by atoms with Crippen molar-refractivity contribution in [3.8, 4) is 11.3 Å². The smallest absolute Gasteiger partial charge is 0.124 e. The van der Waals surface area contributed by atoms with Crippen molar-refractivity contribution in [1.29, 1.82) is 0 Å². The second-order valence-electron chi connectivity index (χ2n) is 9.12. The van der Waals surface area contributed by atoms with Crippen LogP contribution in [-0.4, -0.2) is 45.3 Å². The molecular formula is C24H30N4O. The number of nitrogens with one attached hydrogen (secondary N) is 1. The molecule has 0 saturated carbocycles. The molecule has 0 aliphatic carbocycles. The summed E-state index contributed by atoms with van der Waals surface area (Å²) in [5.41, 5.74) is 4.29. The maximum Gasteiger partial charge on any atom is 0.124 e. The summed E-state index contributed by atoms with van der Waals surface area (Å²) >= 11 is 0. The molecule has 3 aromatic rings. The number of nitrogens with zero attached hydrogens (tertiary/aromatic N) is 3. The summed E-state index contributed by atoms with van der Waals surface area (Å²) in [4.78, 5) is 6.71. The molecule has 3 heterocycles. The first kappa shape index (κ1) is 19.8. The van der Waals surface area contributed by atoms with Gasteiger partial charge in [0.15, 0.2) is 0 Å². The SMILES string of the molecule is Cc1cc(-c2cncc([C@@](O)(c3ccc(C(C)C)cc3)C3(C)CN(C)C3)c2)n[nH]1. The maximum atomic E-state index is 12.3. The number of rotatable bonds is 5. The van der Waals surface area contributed by atoms with Gasteiger partial charge in [0.2, 0.25) is 0 Å². The summed E-state index contributed by atoms with van der Waals surface area (Å²) in [5, 5.41) is 19.6. The summed E-state index contributed by atoms with van der Waals surface area (Å²) in [6.07, 6.45) is 3.60.